The van der Waals surface area contributed by atoms with Crippen LogP contribution in [0.3, 0.4) is 0 Å². The van der Waals surface area contributed by atoms with Crippen molar-refractivity contribution in [3.63, 3.8) is 0 Å². The molecule has 766 valence electrons. The summed E-state index contributed by atoms with van der Waals surface area (Å²) in [5.74, 6) is 1.83. The third-order valence-corrected chi connectivity index (χ3v) is 27.0. The maximum atomic E-state index is 12.4. The van der Waals surface area contributed by atoms with Gasteiger partial charge >= 0.3 is 30.3 Å². The Balaban J connectivity index is -0.000000499. The third kappa shape index (κ3) is 47.5. The first kappa shape index (κ1) is 136. The SMILES string of the molecule is C.C.C.C.C.C.C.C.C.C.CCC(C)(C)C(=O)OC(c1ccccc1)c1ccccc1.CCC(C)(C)C(=O)OCCCS(=O)(=O)[O-].CCC(C)(C)C(=O)Oc1ccc([S+](c2ccccc2)c2ccccc2)cc1.CCC(C)c1ccc(O)cc1.CCC(C)c1ccc(OC(C)OC2CCCCC2)cc1.Cc1cc(C(F)(F)F)cc(C(F)(F)F)c1.c1ccc([S+](c2ccccc2)c2ccccc2)cc1. The zero-order valence-electron chi connectivity index (χ0n) is 76.4. The minimum Gasteiger partial charge on any atom is -0.748 e. The van der Waals surface area contributed by atoms with Gasteiger partial charge < -0.3 is 33.3 Å². The number of aromatic hydroxyl groups is 1. The standard InChI is InChI=1S/C24H25O2S.C19H22O2.C18H28O2.C18H15S.C10H14O.C9H6F6.C9H18O5S.10CH4/c1-4-24(2,3)23(25)26-19-15-17-22(18-16-19)27(20-11-7-5-8-12-20)21-13-9-6-10-14-21;1-4-19(2,3)18(20)21-17(15-11-7-5-8-12-15)16-13-9-6-10-14-16;1-4-14(2)16-10-12-18(13-11-16)20-15(3)19-17-8-6-5-7-9-17;1-4-10-16(11-5-1)19(17-12-6-2-7-13-17)18-14-8-3-9-15-18;1-3-8(2)9-4-6-10(11)7-5-9;1-5-2-6(8(10,11)12)4-7(3-5)9(13,14)15;1-4-9(2,3)8(10)14-6-5-7-15(11,12)13;;;;;;;;;;/h5-18H,4H2,1-3H3;5-14,17H,4H2,1-3H3;10-15,17H,4-9H2,1-3H3;1-15H;4-8,11H,3H2,1-2H3;2-4H,1H3;4-7H2,1-3H3,(H,11,12,13);10*1H4/q+1;;;+1;;;;;;;;;;;;;/p-1. The number of phenols is 1. The molecule has 11 aromatic rings. The summed E-state index contributed by atoms with van der Waals surface area (Å²) in [7, 11) is -4.41. The predicted molar refractivity (Wildman–Crippen MR) is 570 cm³/mol. The van der Waals surface area contributed by atoms with E-state index in [2.05, 4.69) is 204 Å². The number of hydrogen-bond acceptors (Lipinski definition) is 12. The fourth-order valence-corrected chi connectivity index (χ4v) is 17.0. The molecule has 0 aromatic heterocycles. The van der Waals surface area contributed by atoms with Gasteiger partial charge in [-0.15, -0.1) is 0 Å². The molecule has 0 radical (unpaired) electrons. The maximum absolute atomic E-state index is 12.4. The van der Waals surface area contributed by atoms with Gasteiger partial charge in [0.2, 0.25) is 0 Å². The van der Waals surface area contributed by atoms with Crippen LogP contribution in [0.2, 0.25) is 0 Å². The van der Waals surface area contributed by atoms with Crippen molar-refractivity contribution < 1.29 is 82.5 Å². The summed E-state index contributed by atoms with van der Waals surface area (Å²) in [5.41, 5.74) is 0.510. The lowest BCUT2D eigenvalue weighted by atomic mass is 9.90. The molecule has 12 rings (SSSR count). The Hall–Kier alpha value is -10.4. The molecule has 0 bridgehead atoms. The summed E-state index contributed by atoms with van der Waals surface area (Å²) in [6, 6.07) is 98.1. The van der Waals surface area contributed by atoms with Crippen molar-refractivity contribution in [3.8, 4) is 17.2 Å². The van der Waals surface area contributed by atoms with Crippen molar-refractivity contribution in [1.29, 1.82) is 0 Å². The van der Waals surface area contributed by atoms with Gasteiger partial charge in [-0.2, -0.15) is 26.3 Å². The first-order valence-corrected chi connectivity index (χ1v) is 47.7. The molecule has 0 spiro atoms. The van der Waals surface area contributed by atoms with Crippen LogP contribution >= 0.6 is 0 Å². The molecule has 138 heavy (non-hydrogen) atoms. The van der Waals surface area contributed by atoms with Crippen molar-refractivity contribution >= 4 is 49.8 Å². The lowest BCUT2D eigenvalue weighted by molar-refractivity contribution is -0.158. The molecule has 1 saturated carbocycles. The van der Waals surface area contributed by atoms with Crippen LogP contribution in [0.15, 0.2) is 333 Å². The molecular formula is C117H167F6O12S3+. The van der Waals surface area contributed by atoms with Crippen molar-refractivity contribution in [2.24, 2.45) is 16.2 Å². The van der Waals surface area contributed by atoms with E-state index in [0.717, 1.165) is 36.1 Å². The van der Waals surface area contributed by atoms with E-state index in [9.17, 15) is 53.7 Å². The van der Waals surface area contributed by atoms with Gasteiger partial charge in [-0.05, 0) is 274 Å². The van der Waals surface area contributed by atoms with Crippen LogP contribution in [-0.4, -0.2) is 60.7 Å². The van der Waals surface area contributed by atoms with Gasteiger partial charge in [-0.25, -0.2) is 8.42 Å². The fraction of sp³-hybridized carbons (Fsp3) is 0.410. The van der Waals surface area contributed by atoms with Gasteiger partial charge in [0.25, 0.3) is 0 Å². The van der Waals surface area contributed by atoms with E-state index < -0.39 is 55.6 Å². The summed E-state index contributed by atoms with van der Waals surface area (Å²) < 4.78 is 132. The molecule has 11 aromatic carbocycles. The average molecular weight is 1980 g/mol. The monoisotopic (exact) mass is 1970 g/mol. The molecule has 3 atom stereocenters. The highest BCUT2D eigenvalue weighted by Gasteiger charge is 2.38. The minimum atomic E-state index is -4.76. The second-order valence-electron chi connectivity index (χ2n) is 33.1. The number of carbonyl (C=O) groups is 3. The minimum absolute atomic E-state index is 0. The Morgan fingerprint density at radius 1 is 0.406 bits per heavy atom. The number of phenolic OH excluding ortho intramolecular Hbond substituents is 1. The Morgan fingerprint density at radius 2 is 0.710 bits per heavy atom. The quantitative estimate of drug-likeness (QED) is 0.00936. The van der Waals surface area contributed by atoms with Crippen LogP contribution in [0.5, 0.6) is 17.2 Å². The van der Waals surface area contributed by atoms with E-state index in [1.54, 1.807) is 26.0 Å². The molecule has 1 aliphatic carbocycles. The number of rotatable bonds is 28. The van der Waals surface area contributed by atoms with Crippen molar-refractivity contribution in [2.45, 2.75) is 321 Å². The van der Waals surface area contributed by atoms with E-state index in [0.29, 0.717) is 48.0 Å². The third-order valence-electron chi connectivity index (χ3n) is 21.8. The molecule has 12 nitrogen and oxygen atoms in total. The molecule has 0 amide bonds. The molecule has 1 aliphatic rings. The van der Waals surface area contributed by atoms with E-state index in [4.69, 9.17) is 28.8 Å². The summed E-state index contributed by atoms with van der Waals surface area (Å²) in [6.07, 6.45) is 1.16. The molecular weight excluding hydrogens is 1810 g/mol. The van der Waals surface area contributed by atoms with Gasteiger partial charge in [0.05, 0.1) is 72.0 Å². The number of esters is 3. The summed E-state index contributed by atoms with van der Waals surface area (Å²) in [5, 5.41) is 9.01. The number of hydrogen-bond donors (Lipinski definition) is 1. The highest BCUT2D eigenvalue weighted by molar-refractivity contribution is 7.97. The number of ether oxygens (including phenoxy) is 5. The Labute approximate surface area is 835 Å². The number of aryl methyl sites for hydroxylation is 1. The topological polar surface area (TPSA) is 175 Å². The van der Waals surface area contributed by atoms with Crippen LogP contribution in [0.1, 0.15) is 299 Å². The molecule has 0 saturated heterocycles. The van der Waals surface area contributed by atoms with E-state index >= 15 is 0 Å². The lowest BCUT2D eigenvalue weighted by Gasteiger charge is -2.26. The van der Waals surface area contributed by atoms with Gasteiger partial charge in [0, 0.05) is 5.75 Å². The van der Waals surface area contributed by atoms with Crippen molar-refractivity contribution in [3.05, 3.63) is 342 Å². The van der Waals surface area contributed by atoms with E-state index in [1.807, 2.05) is 152 Å². The Kier molecular flexibility index (Phi) is 66.8. The Morgan fingerprint density at radius 3 is 1.03 bits per heavy atom. The van der Waals surface area contributed by atoms with Gasteiger partial charge in [0.15, 0.2) is 41.8 Å². The molecule has 0 heterocycles. The maximum Gasteiger partial charge on any atom is 0.416 e. The number of halogens is 6. The molecule has 0 aliphatic heterocycles. The summed E-state index contributed by atoms with van der Waals surface area (Å²) in [4.78, 5) is 43.9. The average Bonchev–Trinajstić information content (AvgIpc) is 0.810. The van der Waals surface area contributed by atoms with Gasteiger partial charge in [0.1, 0.15) is 17.2 Å². The summed E-state index contributed by atoms with van der Waals surface area (Å²) in [6.45, 7) is 29.0. The second-order valence-corrected chi connectivity index (χ2v) is 38.6. The predicted octanol–water partition coefficient (Wildman–Crippen LogP) is 35.1. The molecule has 1 fully saturated rings. The zero-order chi connectivity index (χ0) is 94.1. The Bertz CT molecular complexity index is 4900. The molecule has 21 heteroatoms. The van der Waals surface area contributed by atoms with Crippen LogP contribution in [-0.2, 0) is 72.9 Å². The zero-order valence-corrected chi connectivity index (χ0v) is 78.8. The van der Waals surface area contributed by atoms with E-state index in [1.165, 1.54) is 85.9 Å². The second kappa shape index (κ2) is 67.8. The molecule has 3 unspecified atom stereocenters. The normalized spacial score (nSPS) is 12.1. The van der Waals surface area contributed by atoms with Crippen LogP contribution in [0.4, 0.5) is 26.3 Å². The van der Waals surface area contributed by atoms with Crippen LogP contribution in [0.25, 0.3) is 0 Å². The number of alkyl halides is 6. The van der Waals surface area contributed by atoms with Gasteiger partial charge in [-0.3, -0.25) is 14.4 Å². The van der Waals surface area contributed by atoms with Crippen LogP contribution < -0.4 is 9.47 Å². The highest BCUT2D eigenvalue weighted by Crippen LogP contribution is 2.39. The first-order valence-electron chi connectivity index (χ1n) is 43.7. The molecule has 1 N–H and O–H groups in total. The lowest BCUT2D eigenvalue weighted by Crippen LogP contribution is -2.28. The van der Waals surface area contributed by atoms with Crippen LogP contribution in [0, 0.1) is 23.2 Å². The van der Waals surface area contributed by atoms with E-state index in [-0.39, 0.29) is 151 Å². The number of carbonyl (C=O) groups excluding carboxylic acids is 3. The fourth-order valence-electron chi connectivity index (χ4n) is 12.3. The van der Waals surface area contributed by atoms with Crippen molar-refractivity contribution in [2.75, 3.05) is 12.4 Å². The largest absolute Gasteiger partial charge is 0.748 e. The smallest absolute Gasteiger partial charge is 0.416 e. The van der Waals surface area contributed by atoms with Crippen molar-refractivity contribution in [1.82, 2.24) is 0 Å². The van der Waals surface area contributed by atoms with Gasteiger partial charge in [-0.1, -0.05) is 318 Å². The number of benzene rings is 11. The first-order chi connectivity index (χ1) is 60.7. The summed E-state index contributed by atoms with van der Waals surface area (Å²) >= 11 is 0. The highest BCUT2D eigenvalue weighted by atomic mass is 32.2.